The van der Waals surface area contributed by atoms with Gasteiger partial charge in [0.2, 0.25) is 10.0 Å². The maximum Gasteiger partial charge on any atom is 0.247 e. The minimum atomic E-state index is -3.70. The molecule has 1 aliphatic carbocycles. The average Bonchev–Trinajstić information content (AvgIpc) is 2.46. The maximum atomic E-state index is 13.0. The van der Waals surface area contributed by atoms with Gasteiger partial charge in [0.05, 0.1) is 29.5 Å². The van der Waals surface area contributed by atoms with Crippen LogP contribution in [-0.4, -0.2) is 38.0 Å². The van der Waals surface area contributed by atoms with Gasteiger partial charge in [-0.15, -0.1) is 0 Å². The van der Waals surface area contributed by atoms with Crippen molar-refractivity contribution in [3.8, 4) is 0 Å². The third-order valence-corrected chi connectivity index (χ3v) is 6.71. The fourth-order valence-corrected chi connectivity index (χ4v) is 5.58. The topological polar surface area (TPSA) is 72.6 Å². The lowest BCUT2D eigenvalue weighted by molar-refractivity contribution is -0.0586. The van der Waals surface area contributed by atoms with Gasteiger partial charge in [-0.05, 0) is 25.0 Å². The predicted molar refractivity (Wildman–Crippen MR) is 81.8 cm³/mol. The number of hydrogen-bond acceptors (Lipinski definition) is 4. The molecular formula is C14H19ClN2O3S. The average molecular weight is 331 g/mol. The molecule has 1 aromatic carbocycles. The molecule has 0 spiro atoms. The second-order valence-corrected chi connectivity index (χ2v) is 7.77. The van der Waals surface area contributed by atoms with Crippen molar-refractivity contribution in [3.05, 3.63) is 23.2 Å². The van der Waals surface area contributed by atoms with E-state index in [9.17, 15) is 8.42 Å². The summed E-state index contributed by atoms with van der Waals surface area (Å²) in [4.78, 5) is 0.0258. The Balaban J connectivity index is 2.01. The number of nitrogen functional groups attached to an aromatic ring is 1. The molecule has 1 aliphatic heterocycles. The summed E-state index contributed by atoms with van der Waals surface area (Å²) in [6.45, 7) is 0.777. The Labute approximate surface area is 130 Å². The van der Waals surface area contributed by atoms with Crippen molar-refractivity contribution >= 4 is 27.3 Å². The molecular weight excluding hydrogens is 312 g/mol. The van der Waals surface area contributed by atoms with E-state index in [2.05, 4.69) is 0 Å². The van der Waals surface area contributed by atoms with Gasteiger partial charge in [0.25, 0.3) is 0 Å². The molecule has 2 fully saturated rings. The Morgan fingerprint density at radius 1 is 1.29 bits per heavy atom. The number of nitrogens with zero attached hydrogens (tertiary/aromatic N) is 1. The molecule has 0 aromatic heterocycles. The fourth-order valence-electron chi connectivity index (χ4n) is 3.27. The number of rotatable bonds is 2. The van der Waals surface area contributed by atoms with Gasteiger partial charge >= 0.3 is 0 Å². The number of fused-ring (bicyclic) bond motifs is 1. The summed E-state index contributed by atoms with van der Waals surface area (Å²) in [5, 5.41) is 0.175. The molecule has 2 atom stereocenters. The summed E-state index contributed by atoms with van der Waals surface area (Å²) in [5.74, 6) is 0. The van der Waals surface area contributed by atoms with E-state index < -0.39 is 10.0 Å². The van der Waals surface area contributed by atoms with Gasteiger partial charge in [0, 0.05) is 6.54 Å². The van der Waals surface area contributed by atoms with Crippen molar-refractivity contribution in [1.82, 2.24) is 4.31 Å². The molecule has 2 unspecified atom stereocenters. The normalized spacial score (nSPS) is 27.3. The van der Waals surface area contributed by atoms with Gasteiger partial charge in [-0.3, -0.25) is 0 Å². The lowest BCUT2D eigenvalue weighted by Crippen LogP contribution is -2.54. The Kier molecular flexibility index (Phi) is 4.14. The number of halogens is 1. The van der Waals surface area contributed by atoms with E-state index in [1.807, 2.05) is 0 Å². The Bertz CT molecular complexity index is 613. The summed E-state index contributed by atoms with van der Waals surface area (Å²) in [5.41, 5.74) is 6.06. The van der Waals surface area contributed by atoms with Gasteiger partial charge in [-0.25, -0.2) is 8.42 Å². The van der Waals surface area contributed by atoms with Crippen molar-refractivity contribution in [2.24, 2.45) is 0 Å². The Morgan fingerprint density at radius 3 is 2.81 bits per heavy atom. The van der Waals surface area contributed by atoms with E-state index in [1.54, 1.807) is 18.2 Å². The summed E-state index contributed by atoms with van der Waals surface area (Å²) < 4.78 is 33.3. The number of benzene rings is 1. The first kappa shape index (κ1) is 15.1. The molecule has 21 heavy (non-hydrogen) atoms. The number of anilines is 1. The lowest BCUT2D eigenvalue weighted by Gasteiger charge is -2.42. The highest BCUT2D eigenvalue weighted by molar-refractivity contribution is 7.89. The van der Waals surface area contributed by atoms with E-state index in [4.69, 9.17) is 22.1 Å². The van der Waals surface area contributed by atoms with Crippen LogP contribution in [-0.2, 0) is 14.8 Å². The molecule has 7 heteroatoms. The van der Waals surface area contributed by atoms with Crippen LogP contribution in [0.3, 0.4) is 0 Å². The van der Waals surface area contributed by atoms with E-state index in [1.165, 1.54) is 4.31 Å². The lowest BCUT2D eigenvalue weighted by atomic mass is 9.91. The molecule has 1 aromatic rings. The van der Waals surface area contributed by atoms with Crippen molar-refractivity contribution in [2.75, 3.05) is 18.9 Å². The van der Waals surface area contributed by atoms with Crippen LogP contribution in [0.4, 0.5) is 5.69 Å². The number of morpholine rings is 1. The number of nitrogens with two attached hydrogens (primary N) is 1. The minimum absolute atomic E-state index is 0.00835. The molecule has 1 saturated carbocycles. The SMILES string of the molecule is Nc1cccc(Cl)c1S(=O)(=O)N1CCOC2CCCCC21. The molecule has 1 heterocycles. The minimum Gasteiger partial charge on any atom is -0.398 e. The third-order valence-electron chi connectivity index (χ3n) is 4.25. The standard InChI is InChI=1S/C14H19ClN2O3S/c15-10-4-3-5-11(16)14(10)21(18,19)17-8-9-20-13-7-2-1-6-12(13)17/h3-5,12-13H,1-2,6-9,16H2. The van der Waals surface area contributed by atoms with Crippen LogP contribution in [0, 0.1) is 0 Å². The molecule has 2 N–H and O–H groups in total. The van der Waals surface area contributed by atoms with Crippen LogP contribution in [0.2, 0.25) is 5.02 Å². The molecule has 116 valence electrons. The van der Waals surface area contributed by atoms with E-state index in [-0.39, 0.29) is 27.8 Å². The van der Waals surface area contributed by atoms with Crippen molar-refractivity contribution in [3.63, 3.8) is 0 Å². The van der Waals surface area contributed by atoms with Crippen LogP contribution >= 0.6 is 11.6 Å². The highest BCUT2D eigenvalue weighted by Crippen LogP contribution is 2.36. The largest absolute Gasteiger partial charge is 0.398 e. The second kappa shape index (κ2) is 5.76. The molecule has 5 nitrogen and oxygen atoms in total. The maximum absolute atomic E-state index is 13.0. The first-order valence-corrected chi connectivity index (χ1v) is 9.01. The molecule has 2 aliphatic rings. The van der Waals surface area contributed by atoms with Crippen LogP contribution in [0.15, 0.2) is 23.1 Å². The van der Waals surface area contributed by atoms with Gasteiger partial charge in [0.15, 0.2) is 0 Å². The summed E-state index contributed by atoms with van der Waals surface area (Å²) in [6, 6.07) is 4.67. The molecule has 0 radical (unpaired) electrons. The van der Waals surface area contributed by atoms with E-state index in [0.717, 1.165) is 25.7 Å². The molecule has 1 saturated heterocycles. The first-order chi connectivity index (χ1) is 10.0. The zero-order chi connectivity index (χ0) is 15.0. The van der Waals surface area contributed by atoms with E-state index in [0.29, 0.717) is 13.2 Å². The number of ether oxygens (including phenoxy) is 1. The van der Waals surface area contributed by atoms with Crippen LogP contribution in [0.1, 0.15) is 25.7 Å². The second-order valence-electron chi connectivity index (χ2n) is 5.53. The summed E-state index contributed by atoms with van der Waals surface area (Å²) in [7, 11) is -3.70. The van der Waals surface area contributed by atoms with Crippen molar-refractivity contribution < 1.29 is 13.2 Å². The van der Waals surface area contributed by atoms with Crippen molar-refractivity contribution in [2.45, 2.75) is 42.7 Å². The van der Waals surface area contributed by atoms with E-state index >= 15 is 0 Å². The monoisotopic (exact) mass is 330 g/mol. The third kappa shape index (κ3) is 2.65. The molecule has 0 bridgehead atoms. The van der Waals surface area contributed by atoms with Crippen LogP contribution < -0.4 is 5.73 Å². The van der Waals surface area contributed by atoms with Crippen LogP contribution in [0.5, 0.6) is 0 Å². The van der Waals surface area contributed by atoms with Gasteiger partial charge in [0.1, 0.15) is 4.90 Å². The number of hydrogen-bond donors (Lipinski definition) is 1. The zero-order valence-electron chi connectivity index (χ0n) is 11.7. The first-order valence-electron chi connectivity index (χ1n) is 7.19. The predicted octanol–water partition coefficient (Wildman–Crippen LogP) is 2.25. The highest BCUT2D eigenvalue weighted by Gasteiger charge is 2.42. The van der Waals surface area contributed by atoms with Gasteiger partial charge in [-0.2, -0.15) is 4.31 Å². The van der Waals surface area contributed by atoms with Gasteiger partial charge < -0.3 is 10.5 Å². The molecule has 3 rings (SSSR count). The number of sulfonamides is 1. The Hall–Kier alpha value is -0.820. The van der Waals surface area contributed by atoms with Crippen molar-refractivity contribution in [1.29, 1.82) is 0 Å². The quantitative estimate of drug-likeness (QED) is 0.844. The van der Waals surface area contributed by atoms with Gasteiger partial charge in [-0.1, -0.05) is 30.5 Å². The zero-order valence-corrected chi connectivity index (χ0v) is 13.2. The van der Waals surface area contributed by atoms with Crippen LogP contribution in [0.25, 0.3) is 0 Å². The summed E-state index contributed by atoms with van der Waals surface area (Å²) >= 11 is 6.09. The smallest absolute Gasteiger partial charge is 0.247 e. The Morgan fingerprint density at radius 2 is 2.05 bits per heavy atom. The highest BCUT2D eigenvalue weighted by atomic mass is 35.5. The fraction of sp³-hybridized carbons (Fsp3) is 0.571. The molecule has 0 amide bonds. The summed E-state index contributed by atoms with van der Waals surface area (Å²) in [6.07, 6.45) is 3.84.